The number of carbonyl (C=O) groups is 2. The number of benzene rings is 1. The minimum Gasteiger partial charge on any atom is -0.463 e. The molecule has 0 N–H and O–H groups in total. The average Bonchev–Trinajstić information content (AvgIpc) is 2.72. The molecule has 2 rings (SSSR count). The van der Waals surface area contributed by atoms with Crippen molar-refractivity contribution in [2.45, 2.75) is 13.8 Å². The third-order valence-corrected chi connectivity index (χ3v) is 3.55. The summed E-state index contributed by atoms with van der Waals surface area (Å²) in [7, 11) is 0. The van der Waals surface area contributed by atoms with Gasteiger partial charge in [-0.2, -0.15) is 0 Å². The molecule has 5 heteroatoms. The van der Waals surface area contributed by atoms with Crippen molar-refractivity contribution >= 4 is 28.7 Å². The molecule has 0 bridgehead atoms. The fraction of sp³-hybridized carbons (Fsp3) is 0.286. The molecule has 1 heterocycles. The SMILES string of the molecule is CCOC(=O)/C=C1/CSC(=O)N1c1ccc(C)cc1. The second kappa shape index (κ2) is 5.93. The Morgan fingerprint density at radius 1 is 1.42 bits per heavy atom. The van der Waals surface area contributed by atoms with Crippen molar-refractivity contribution < 1.29 is 14.3 Å². The number of nitrogens with zero attached hydrogens (tertiary/aromatic N) is 1. The van der Waals surface area contributed by atoms with Gasteiger partial charge in [-0.25, -0.2) is 4.79 Å². The highest BCUT2D eigenvalue weighted by Gasteiger charge is 2.28. The second-order valence-corrected chi connectivity index (χ2v) is 5.04. The van der Waals surface area contributed by atoms with Gasteiger partial charge in [-0.05, 0) is 26.0 Å². The van der Waals surface area contributed by atoms with Crippen molar-refractivity contribution in [3.05, 3.63) is 41.6 Å². The number of hydrogen-bond donors (Lipinski definition) is 0. The van der Waals surface area contributed by atoms with E-state index in [4.69, 9.17) is 4.74 Å². The minimum atomic E-state index is -0.412. The molecule has 1 aromatic carbocycles. The third kappa shape index (κ3) is 3.17. The molecule has 1 saturated heterocycles. The fourth-order valence-corrected chi connectivity index (χ4v) is 2.61. The molecule has 0 aromatic heterocycles. The number of ether oxygens (including phenoxy) is 1. The van der Waals surface area contributed by atoms with E-state index < -0.39 is 5.97 Å². The minimum absolute atomic E-state index is 0.0700. The van der Waals surface area contributed by atoms with Crippen LogP contribution in [0.3, 0.4) is 0 Å². The van der Waals surface area contributed by atoms with E-state index >= 15 is 0 Å². The zero-order valence-electron chi connectivity index (χ0n) is 10.9. The zero-order chi connectivity index (χ0) is 13.8. The summed E-state index contributed by atoms with van der Waals surface area (Å²) in [6, 6.07) is 7.62. The summed E-state index contributed by atoms with van der Waals surface area (Å²) in [6.45, 7) is 4.07. The monoisotopic (exact) mass is 277 g/mol. The van der Waals surface area contributed by atoms with Crippen LogP contribution in [0.15, 0.2) is 36.0 Å². The first kappa shape index (κ1) is 13.7. The topological polar surface area (TPSA) is 46.6 Å². The lowest BCUT2D eigenvalue weighted by Gasteiger charge is -2.17. The van der Waals surface area contributed by atoms with Crippen molar-refractivity contribution in [2.75, 3.05) is 17.3 Å². The number of amides is 1. The molecule has 0 spiro atoms. The lowest BCUT2D eigenvalue weighted by atomic mass is 10.2. The van der Waals surface area contributed by atoms with Crippen molar-refractivity contribution in [3.8, 4) is 0 Å². The summed E-state index contributed by atoms with van der Waals surface area (Å²) in [5.41, 5.74) is 2.56. The van der Waals surface area contributed by atoms with E-state index in [0.29, 0.717) is 18.1 Å². The Morgan fingerprint density at radius 3 is 2.74 bits per heavy atom. The standard InChI is InChI=1S/C14H15NO3S/c1-3-18-13(16)8-12-9-19-14(17)15(12)11-6-4-10(2)5-7-11/h4-8H,3,9H2,1-2H3/b12-8-. The maximum absolute atomic E-state index is 11.9. The van der Waals surface area contributed by atoms with Gasteiger partial charge in [0.1, 0.15) is 0 Å². The number of esters is 1. The number of aryl methyl sites for hydroxylation is 1. The van der Waals surface area contributed by atoms with Gasteiger partial charge >= 0.3 is 5.97 Å². The van der Waals surface area contributed by atoms with Crippen LogP contribution in [0.25, 0.3) is 0 Å². The van der Waals surface area contributed by atoms with Gasteiger partial charge in [0.05, 0.1) is 6.61 Å². The highest BCUT2D eigenvalue weighted by molar-refractivity contribution is 8.14. The lowest BCUT2D eigenvalue weighted by Crippen LogP contribution is -2.21. The van der Waals surface area contributed by atoms with Gasteiger partial charge in [-0.15, -0.1) is 0 Å². The lowest BCUT2D eigenvalue weighted by molar-refractivity contribution is -0.137. The van der Waals surface area contributed by atoms with Crippen LogP contribution in [0, 0.1) is 6.92 Å². The van der Waals surface area contributed by atoms with Crippen molar-refractivity contribution in [2.24, 2.45) is 0 Å². The summed E-state index contributed by atoms with van der Waals surface area (Å²) in [5.74, 6) is 0.0795. The number of thioether (sulfide) groups is 1. The van der Waals surface area contributed by atoms with Gasteiger partial charge < -0.3 is 4.74 Å². The molecule has 0 radical (unpaired) electrons. The van der Waals surface area contributed by atoms with E-state index in [-0.39, 0.29) is 5.24 Å². The molecule has 0 aliphatic carbocycles. The van der Waals surface area contributed by atoms with Crippen LogP contribution in [0.5, 0.6) is 0 Å². The van der Waals surface area contributed by atoms with E-state index in [1.165, 1.54) is 17.8 Å². The average molecular weight is 277 g/mol. The van der Waals surface area contributed by atoms with Crippen LogP contribution in [0.1, 0.15) is 12.5 Å². The van der Waals surface area contributed by atoms with Gasteiger partial charge in [0.25, 0.3) is 5.24 Å². The molecule has 1 aliphatic heterocycles. The normalized spacial score (nSPS) is 17.1. The summed E-state index contributed by atoms with van der Waals surface area (Å²) < 4.78 is 4.88. The van der Waals surface area contributed by atoms with Gasteiger partial charge in [-0.3, -0.25) is 9.69 Å². The molecule has 4 nitrogen and oxygen atoms in total. The van der Waals surface area contributed by atoms with Gasteiger partial charge in [0.15, 0.2) is 0 Å². The molecular weight excluding hydrogens is 262 g/mol. The van der Waals surface area contributed by atoms with E-state index in [0.717, 1.165) is 11.3 Å². The molecule has 0 saturated carbocycles. The predicted octanol–water partition coefficient (Wildman–Crippen LogP) is 3.12. The molecule has 1 fully saturated rings. The van der Waals surface area contributed by atoms with Gasteiger partial charge in [0, 0.05) is 23.2 Å². The Labute approximate surface area is 116 Å². The number of carbonyl (C=O) groups excluding carboxylic acids is 2. The molecular formula is C14H15NO3S. The Hall–Kier alpha value is -1.75. The van der Waals surface area contributed by atoms with Crippen LogP contribution in [-0.2, 0) is 9.53 Å². The van der Waals surface area contributed by atoms with E-state index in [1.807, 2.05) is 31.2 Å². The van der Waals surface area contributed by atoms with Crippen LogP contribution in [0.2, 0.25) is 0 Å². The largest absolute Gasteiger partial charge is 0.463 e. The Bertz CT molecular complexity index is 522. The van der Waals surface area contributed by atoms with Crippen LogP contribution in [-0.4, -0.2) is 23.6 Å². The summed E-state index contributed by atoms with van der Waals surface area (Å²) >= 11 is 1.18. The highest BCUT2D eigenvalue weighted by atomic mass is 32.2. The highest BCUT2D eigenvalue weighted by Crippen LogP contribution is 2.32. The quantitative estimate of drug-likeness (QED) is 0.629. The number of anilines is 1. The fourth-order valence-electron chi connectivity index (χ4n) is 1.77. The van der Waals surface area contributed by atoms with E-state index in [9.17, 15) is 9.59 Å². The number of rotatable bonds is 3. The number of hydrogen-bond acceptors (Lipinski definition) is 4. The molecule has 1 aliphatic rings. The Morgan fingerprint density at radius 2 is 2.11 bits per heavy atom. The Kier molecular flexibility index (Phi) is 4.27. The van der Waals surface area contributed by atoms with E-state index in [1.54, 1.807) is 11.8 Å². The van der Waals surface area contributed by atoms with Crippen molar-refractivity contribution in [1.82, 2.24) is 0 Å². The summed E-state index contributed by atoms with van der Waals surface area (Å²) in [6.07, 6.45) is 1.39. The Balaban J connectivity index is 2.27. The first-order valence-corrected chi connectivity index (χ1v) is 7.01. The van der Waals surface area contributed by atoms with Gasteiger partial charge in [0.2, 0.25) is 0 Å². The van der Waals surface area contributed by atoms with Gasteiger partial charge in [-0.1, -0.05) is 29.5 Å². The maximum Gasteiger partial charge on any atom is 0.332 e. The zero-order valence-corrected chi connectivity index (χ0v) is 11.7. The smallest absolute Gasteiger partial charge is 0.332 e. The second-order valence-electron chi connectivity index (χ2n) is 4.11. The summed E-state index contributed by atoms with van der Waals surface area (Å²) in [4.78, 5) is 25.0. The van der Waals surface area contributed by atoms with Crippen molar-refractivity contribution in [1.29, 1.82) is 0 Å². The molecule has 0 atom stereocenters. The van der Waals surface area contributed by atoms with Crippen LogP contribution >= 0.6 is 11.8 Å². The summed E-state index contributed by atoms with van der Waals surface area (Å²) in [5, 5.41) is -0.0700. The maximum atomic E-state index is 11.9. The van der Waals surface area contributed by atoms with Crippen molar-refractivity contribution in [3.63, 3.8) is 0 Å². The molecule has 1 aromatic rings. The van der Waals surface area contributed by atoms with Crippen LogP contribution in [0.4, 0.5) is 10.5 Å². The molecule has 1 amide bonds. The molecule has 100 valence electrons. The van der Waals surface area contributed by atoms with E-state index in [2.05, 4.69) is 0 Å². The predicted molar refractivity (Wildman–Crippen MR) is 76.2 cm³/mol. The first-order chi connectivity index (χ1) is 9.11. The molecule has 0 unspecified atom stereocenters. The van der Waals surface area contributed by atoms with Crippen LogP contribution < -0.4 is 4.90 Å². The molecule has 19 heavy (non-hydrogen) atoms. The first-order valence-electron chi connectivity index (χ1n) is 6.02. The third-order valence-electron chi connectivity index (χ3n) is 2.68.